The van der Waals surface area contributed by atoms with E-state index in [0.29, 0.717) is 17.5 Å². The molecule has 0 amide bonds. The van der Waals surface area contributed by atoms with E-state index in [4.69, 9.17) is 19.4 Å². The fourth-order valence-electron chi connectivity index (χ4n) is 5.50. The van der Waals surface area contributed by atoms with Gasteiger partial charge in [0.15, 0.2) is 17.5 Å². The van der Waals surface area contributed by atoms with Crippen molar-refractivity contribution in [3.8, 4) is 45.3 Å². The standard InChI is InChI=1S/C37H23N3O/c1-3-11-24(12-4-1)26-15-9-17-28(21-26)36-38-35(25-13-5-2-6-14-25)39-37(40-36)30-19-10-16-27-22-34-32(23-31(27)30)29-18-7-8-20-33(29)41-34/h1-23H. The van der Waals surface area contributed by atoms with Crippen molar-refractivity contribution in [1.29, 1.82) is 0 Å². The molecule has 192 valence electrons. The molecule has 0 aliphatic heterocycles. The Kier molecular flexibility index (Phi) is 5.42. The molecule has 2 aromatic heterocycles. The van der Waals surface area contributed by atoms with Crippen molar-refractivity contribution < 1.29 is 4.42 Å². The molecule has 0 saturated carbocycles. The molecule has 41 heavy (non-hydrogen) atoms. The van der Waals surface area contributed by atoms with Crippen LogP contribution in [-0.2, 0) is 0 Å². The highest BCUT2D eigenvalue weighted by molar-refractivity contribution is 6.12. The van der Waals surface area contributed by atoms with Crippen LogP contribution >= 0.6 is 0 Å². The lowest BCUT2D eigenvalue weighted by molar-refractivity contribution is 0.669. The molecule has 0 bridgehead atoms. The Balaban J connectivity index is 1.36. The molecule has 0 aliphatic carbocycles. The summed E-state index contributed by atoms with van der Waals surface area (Å²) in [4.78, 5) is 15.0. The molecular formula is C37H23N3O. The number of benzene rings is 6. The fourth-order valence-corrected chi connectivity index (χ4v) is 5.50. The van der Waals surface area contributed by atoms with Crippen LogP contribution in [0.4, 0.5) is 0 Å². The van der Waals surface area contributed by atoms with Crippen molar-refractivity contribution in [2.45, 2.75) is 0 Å². The Morgan fingerprint density at radius 2 is 1.00 bits per heavy atom. The Morgan fingerprint density at radius 1 is 0.366 bits per heavy atom. The average Bonchev–Trinajstić information content (AvgIpc) is 3.41. The predicted octanol–water partition coefficient (Wildman–Crippen LogP) is 9.59. The molecule has 0 saturated heterocycles. The zero-order valence-electron chi connectivity index (χ0n) is 22.0. The summed E-state index contributed by atoms with van der Waals surface area (Å²) in [6.45, 7) is 0. The van der Waals surface area contributed by atoms with E-state index in [1.54, 1.807) is 0 Å². The van der Waals surface area contributed by atoms with Crippen molar-refractivity contribution >= 4 is 32.7 Å². The van der Waals surface area contributed by atoms with Gasteiger partial charge in [-0.15, -0.1) is 0 Å². The summed E-state index contributed by atoms with van der Waals surface area (Å²) >= 11 is 0. The van der Waals surface area contributed by atoms with E-state index >= 15 is 0 Å². The van der Waals surface area contributed by atoms with Crippen molar-refractivity contribution in [3.05, 3.63) is 140 Å². The second-order valence-electron chi connectivity index (χ2n) is 10.1. The van der Waals surface area contributed by atoms with E-state index in [9.17, 15) is 0 Å². The normalized spacial score (nSPS) is 11.4. The summed E-state index contributed by atoms with van der Waals surface area (Å²) in [6.07, 6.45) is 0. The van der Waals surface area contributed by atoms with E-state index in [1.807, 2.05) is 60.7 Å². The maximum Gasteiger partial charge on any atom is 0.164 e. The first kappa shape index (κ1) is 23.3. The van der Waals surface area contributed by atoms with Gasteiger partial charge in [-0.05, 0) is 46.2 Å². The van der Waals surface area contributed by atoms with Gasteiger partial charge in [0.1, 0.15) is 11.2 Å². The Morgan fingerprint density at radius 3 is 1.83 bits per heavy atom. The van der Waals surface area contributed by atoms with E-state index in [1.165, 1.54) is 0 Å². The zero-order valence-corrected chi connectivity index (χ0v) is 22.0. The molecule has 8 aromatic rings. The topological polar surface area (TPSA) is 51.8 Å². The number of furan rings is 1. The van der Waals surface area contributed by atoms with E-state index in [2.05, 4.69) is 78.9 Å². The van der Waals surface area contributed by atoms with Crippen LogP contribution in [0.5, 0.6) is 0 Å². The minimum atomic E-state index is 0.636. The third-order valence-corrected chi connectivity index (χ3v) is 7.51. The molecule has 0 fully saturated rings. The quantitative estimate of drug-likeness (QED) is 0.230. The summed E-state index contributed by atoms with van der Waals surface area (Å²) in [7, 11) is 0. The number of nitrogens with zero attached hydrogens (tertiary/aromatic N) is 3. The Labute approximate surface area is 236 Å². The third kappa shape index (κ3) is 4.14. The van der Waals surface area contributed by atoms with Gasteiger partial charge in [0.05, 0.1) is 0 Å². The molecule has 0 unspecified atom stereocenters. The maximum absolute atomic E-state index is 6.17. The molecule has 0 radical (unpaired) electrons. The van der Waals surface area contributed by atoms with Crippen LogP contribution in [-0.4, -0.2) is 15.0 Å². The van der Waals surface area contributed by atoms with Gasteiger partial charge in [-0.25, -0.2) is 15.0 Å². The van der Waals surface area contributed by atoms with Gasteiger partial charge < -0.3 is 4.42 Å². The van der Waals surface area contributed by atoms with Gasteiger partial charge in [-0.1, -0.05) is 115 Å². The summed E-state index contributed by atoms with van der Waals surface area (Å²) < 4.78 is 6.17. The van der Waals surface area contributed by atoms with Crippen LogP contribution in [0.25, 0.3) is 78.0 Å². The molecule has 2 heterocycles. The highest BCUT2D eigenvalue weighted by Gasteiger charge is 2.16. The van der Waals surface area contributed by atoms with Crippen molar-refractivity contribution in [3.63, 3.8) is 0 Å². The van der Waals surface area contributed by atoms with Crippen LogP contribution in [0.15, 0.2) is 144 Å². The largest absolute Gasteiger partial charge is 0.456 e. The van der Waals surface area contributed by atoms with Gasteiger partial charge in [0.25, 0.3) is 0 Å². The first-order valence-electron chi connectivity index (χ1n) is 13.6. The summed E-state index contributed by atoms with van der Waals surface area (Å²) in [5, 5.41) is 4.32. The Hall–Kier alpha value is -5.61. The fraction of sp³-hybridized carbons (Fsp3) is 0. The monoisotopic (exact) mass is 525 g/mol. The minimum Gasteiger partial charge on any atom is -0.456 e. The number of para-hydroxylation sites is 1. The molecular weight excluding hydrogens is 502 g/mol. The van der Waals surface area contributed by atoms with Gasteiger partial charge in [-0.3, -0.25) is 0 Å². The third-order valence-electron chi connectivity index (χ3n) is 7.51. The highest BCUT2D eigenvalue weighted by Crippen LogP contribution is 2.36. The average molecular weight is 526 g/mol. The van der Waals surface area contributed by atoms with Gasteiger partial charge in [-0.2, -0.15) is 0 Å². The van der Waals surface area contributed by atoms with Crippen LogP contribution in [0.1, 0.15) is 0 Å². The summed E-state index contributed by atoms with van der Waals surface area (Å²) in [5.74, 6) is 1.91. The molecule has 6 aromatic carbocycles. The van der Waals surface area contributed by atoms with Crippen LogP contribution < -0.4 is 0 Å². The summed E-state index contributed by atoms with van der Waals surface area (Å²) in [5.41, 5.74) is 6.86. The number of hydrogen-bond acceptors (Lipinski definition) is 4. The van der Waals surface area contributed by atoms with Crippen LogP contribution in [0, 0.1) is 0 Å². The SMILES string of the molecule is c1ccc(-c2cccc(-c3nc(-c4ccccc4)nc(-c4cccc5cc6oc7ccccc7c6cc45)n3)c2)cc1. The second-order valence-corrected chi connectivity index (χ2v) is 10.1. The molecule has 8 rings (SSSR count). The van der Waals surface area contributed by atoms with Crippen LogP contribution in [0.3, 0.4) is 0 Å². The van der Waals surface area contributed by atoms with E-state index in [0.717, 1.165) is 60.5 Å². The summed E-state index contributed by atoms with van der Waals surface area (Å²) in [6, 6.07) is 47.5. The van der Waals surface area contributed by atoms with Crippen molar-refractivity contribution in [2.75, 3.05) is 0 Å². The Bertz CT molecular complexity index is 2200. The lowest BCUT2D eigenvalue weighted by Crippen LogP contribution is -2.00. The smallest absolute Gasteiger partial charge is 0.164 e. The van der Waals surface area contributed by atoms with Crippen molar-refractivity contribution in [2.24, 2.45) is 0 Å². The maximum atomic E-state index is 6.17. The first-order chi connectivity index (χ1) is 20.3. The minimum absolute atomic E-state index is 0.636. The lowest BCUT2D eigenvalue weighted by atomic mass is 10.0. The molecule has 4 heteroatoms. The van der Waals surface area contributed by atoms with E-state index < -0.39 is 0 Å². The van der Waals surface area contributed by atoms with E-state index in [-0.39, 0.29) is 0 Å². The first-order valence-corrected chi connectivity index (χ1v) is 13.6. The van der Waals surface area contributed by atoms with Crippen molar-refractivity contribution in [1.82, 2.24) is 15.0 Å². The second kappa shape index (κ2) is 9.54. The highest BCUT2D eigenvalue weighted by atomic mass is 16.3. The predicted molar refractivity (Wildman–Crippen MR) is 166 cm³/mol. The number of rotatable bonds is 4. The lowest BCUT2D eigenvalue weighted by Gasteiger charge is -2.11. The molecule has 0 N–H and O–H groups in total. The molecule has 0 aliphatic rings. The number of fused-ring (bicyclic) bond motifs is 4. The molecule has 0 atom stereocenters. The zero-order chi connectivity index (χ0) is 27.2. The number of aromatic nitrogens is 3. The van der Waals surface area contributed by atoms with Gasteiger partial charge in [0, 0.05) is 27.5 Å². The molecule has 4 nitrogen and oxygen atoms in total. The molecule has 0 spiro atoms. The van der Waals surface area contributed by atoms with Gasteiger partial charge in [0.2, 0.25) is 0 Å². The number of hydrogen-bond donors (Lipinski definition) is 0. The van der Waals surface area contributed by atoms with Crippen LogP contribution in [0.2, 0.25) is 0 Å². The van der Waals surface area contributed by atoms with Gasteiger partial charge >= 0.3 is 0 Å².